The first-order valence-electron chi connectivity index (χ1n) is 9.87. The molecule has 2 N–H and O–H groups in total. The van der Waals surface area contributed by atoms with Gasteiger partial charge in [-0.3, -0.25) is 9.59 Å². The smallest absolute Gasteiger partial charge is 0.253 e. The normalized spacial score (nSPS) is 11.3. The molecule has 0 aliphatic rings. The minimum absolute atomic E-state index is 0.0308. The van der Waals surface area contributed by atoms with Crippen LogP contribution in [0.4, 0.5) is 11.4 Å². The van der Waals surface area contributed by atoms with Gasteiger partial charge < -0.3 is 15.5 Å². The zero-order chi connectivity index (χ0) is 21.6. The lowest BCUT2D eigenvalue weighted by Crippen LogP contribution is -2.42. The van der Waals surface area contributed by atoms with E-state index in [1.54, 1.807) is 23.1 Å². The largest absolute Gasteiger partial charge is 0.376 e. The molecule has 0 unspecified atom stereocenters. The monoisotopic (exact) mass is 415 g/mol. The fraction of sp³-hybridized carbons (Fsp3) is 0.391. The van der Waals surface area contributed by atoms with Crippen LogP contribution in [-0.2, 0) is 4.79 Å². The first-order chi connectivity index (χ1) is 13.6. The second-order valence-electron chi connectivity index (χ2n) is 7.93. The summed E-state index contributed by atoms with van der Waals surface area (Å²) in [6.45, 7) is 10.0. The Bertz CT molecular complexity index is 850. The topological polar surface area (TPSA) is 61.4 Å². The number of carbonyl (C=O) groups excluding carboxylic acids is 2. The Balaban J connectivity index is 2.06. The molecule has 29 heavy (non-hydrogen) atoms. The van der Waals surface area contributed by atoms with Gasteiger partial charge in [-0.15, -0.1) is 0 Å². The molecular weight excluding hydrogens is 386 g/mol. The van der Waals surface area contributed by atoms with Crippen LogP contribution >= 0.6 is 11.6 Å². The molecule has 2 aromatic carbocycles. The van der Waals surface area contributed by atoms with Gasteiger partial charge in [-0.1, -0.05) is 36.7 Å². The van der Waals surface area contributed by atoms with Crippen molar-refractivity contribution in [1.29, 1.82) is 0 Å². The third kappa shape index (κ3) is 6.23. The first-order valence-corrected chi connectivity index (χ1v) is 10.3. The Kier molecular flexibility index (Phi) is 7.68. The van der Waals surface area contributed by atoms with Crippen LogP contribution in [0.3, 0.4) is 0 Å². The van der Waals surface area contributed by atoms with Gasteiger partial charge in [0, 0.05) is 23.0 Å². The molecule has 2 amide bonds. The van der Waals surface area contributed by atoms with Crippen molar-refractivity contribution < 1.29 is 9.59 Å². The van der Waals surface area contributed by atoms with E-state index in [0.29, 0.717) is 16.3 Å². The molecule has 0 radical (unpaired) electrons. The van der Waals surface area contributed by atoms with Crippen LogP contribution in [0.5, 0.6) is 0 Å². The molecule has 0 fully saturated rings. The maximum absolute atomic E-state index is 12.8. The maximum atomic E-state index is 12.8. The number of para-hydroxylation sites is 1. The van der Waals surface area contributed by atoms with Crippen molar-refractivity contribution in [2.75, 3.05) is 16.8 Å². The van der Waals surface area contributed by atoms with Gasteiger partial charge in [0.2, 0.25) is 5.91 Å². The molecule has 5 nitrogen and oxygen atoms in total. The molecule has 0 saturated heterocycles. The van der Waals surface area contributed by atoms with E-state index in [4.69, 9.17) is 11.6 Å². The number of nitrogens with one attached hydrogen (secondary N) is 2. The number of carbonyl (C=O) groups is 2. The van der Waals surface area contributed by atoms with Crippen LogP contribution in [0, 0.1) is 0 Å². The number of hydrogen-bond donors (Lipinski definition) is 2. The molecule has 0 bridgehead atoms. The summed E-state index contributed by atoms with van der Waals surface area (Å²) in [5, 5.41) is 6.43. The maximum Gasteiger partial charge on any atom is 0.253 e. The predicted molar refractivity (Wildman–Crippen MR) is 121 cm³/mol. The number of halogens is 1. The summed E-state index contributed by atoms with van der Waals surface area (Å²) in [4.78, 5) is 27.0. The number of hydrogen-bond acceptors (Lipinski definition) is 3. The fourth-order valence-electron chi connectivity index (χ4n) is 2.85. The van der Waals surface area contributed by atoms with E-state index < -0.39 is 0 Å². The lowest BCUT2D eigenvalue weighted by molar-refractivity contribution is -0.117. The first kappa shape index (κ1) is 22.8. The van der Waals surface area contributed by atoms with Crippen molar-refractivity contribution in [2.24, 2.45) is 0 Å². The van der Waals surface area contributed by atoms with Gasteiger partial charge in [-0.25, -0.2) is 0 Å². The highest BCUT2D eigenvalue weighted by Gasteiger charge is 2.21. The van der Waals surface area contributed by atoms with E-state index >= 15 is 0 Å². The van der Waals surface area contributed by atoms with Crippen LogP contribution in [0.15, 0.2) is 48.5 Å². The van der Waals surface area contributed by atoms with Crippen molar-refractivity contribution >= 4 is 34.8 Å². The zero-order valence-electron chi connectivity index (χ0n) is 17.8. The Morgan fingerprint density at radius 1 is 1.10 bits per heavy atom. The highest BCUT2D eigenvalue weighted by molar-refractivity contribution is 6.34. The highest BCUT2D eigenvalue weighted by atomic mass is 35.5. The van der Waals surface area contributed by atoms with E-state index in [1.165, 1.54) is 0 Å². The molecular formula is C23H30ClN3O2. The molecule has 0 aliphatic carbocycles. The van der Waals surface area contributed by atoms with E-state index in [9.17, 15) is 9.59 Å². The van der Waals surface area contributed by atoms with Gasteiger partial charge in [0.25, 0.3) is 5.91 Å². The number of anilines is 2. The third-order valence-corrected chi connectivity index (χ3v) is 5.13. The summed E-state index contributed by atoms with van der Waals surface area (Å²) in [6, 6.07) is 14.7. The van der Waals surface area contributed by atoms with E-state index in [2.05, 4.69) is 10.6 Å². The number of amides is 2. The summed E-state index contributed by atoms with van der Waals surface area (Å²) >= 11 is 6.32. The second-order valence-corrected chi connectivity index (χ2v) is 8.34. The van der Waals surface area contributed by atoms with Gasteiger partial charge in [0.05, 0.1) is 17.1 Å². The fourth-order valence-corrected chi connectivity index (χ4v) is 3.12. The van der Waals surface area contributed by atoms with Gasteiger partial charge >= 0.3 is 0 Å². The molecule has 0 aliphatic heterocycles. The minimum atomic E-state index is -0.304. The average molecular weight is 416 g/mol. The van der Waals surface area contributed by atoms with Crippen molar-refractivity contribution in [3.05, 3.63) is 59.1 Å². The van der Waals surface area contributed by atoms with E-state index in [-0.39, 0.29) is 29.9 Å². The zero-order valence-corrected chi connectivity index (χ0v) is 18.5. The van der Waals surface area contributed by atoms with E-state index in [1.807, 2.05) is 65.0 Å². The average Bonchev–Trinajstić information content (AvgIpc) is 2.66. The van der Waals surface area contributed by atoms with Gasteiger partial charge in [-0.2, -0.15) is 0 Å². The number of nitrogens with zero attached hydrogens (tertiary/aromatic N) is 1. The molecule has 0 saturated carbocycles. The Morgan fingerprint density at radius 3 is 2.31 bits per heavy atom. The van der Waals surface area contributed by atoms with Crippen LogP contribution < -0.4 is 15.5 Å². The molecule has 156 valence electrons. The molecule has 0 aromatic heterocycles. The lowest BCUT2D eigenvalue weighted by Gasteiger charge is -2.27. The quantitative estimate of drug-likeness (QED) is 0.629. The number of benzene rings is 2. The van der Waals surface area contributed by atoms with Gasteiger partial charge in [0.15, 0.2) is 0 Å². The summed E-state index contributed by atoms with van der Waals surface area (Å²) in [7, 11) is 0. The summed E-state index contributed by atoms with van der Waals surface area (Å²) in [6.07, 6.45) is 0.811. The Labute approximate surface area is 178 Å². The summed E-state index contributed by atoms with van der Waals surface area (Å²) in [5.41, 5.74) is 1.66. The molecule has 0 heterocycles. The van der Waals surface area contributed by atoms with Crippen LogP contribution in [0.2, 0.25) is 5.02 Å². The molecule has 6 heteroatoms. The van der Waals surface area contributed by atoms with Crippen LogP contribution in [-0.4, -0.2) is 29.9 Å². The Morgan fingerprint density at radius 2 is 1.76 bits per heavy atom. The van der Waals surface area contributed by atoms with Crippen molar-refractivity contribution in [3.63, 3.8) is 0 Å². The third-order valence-electron chi connectivity index (χ3n) is 4.81. The van der Waals surface area contributed by atoms with Crippen molar-refractivity contribution in [3.8, 4) is 0 Å². The van der Waals surface area contributed by atoms with Crippen molar-refractivity contribution in [1.82, 2.24) is 5.32 Å². The SMILES string of the molecule is CCC(C)(C)NC(=O)c1ccc(NCC(=O)N(c2ccccc2)C(C)C)cc1Cl. The molecule has 2 rings (SSSR count). The van der Waals surface area contributed by atoms with Gasteiger partial charge in [0.1, 0.15) is 0 Å². The van der Waals surface area contributed by atoms with Crippen LogP contribution in [0.1, 0.15) is 51.4 Å². The minimum Gasteiger partial charge on any atom is -0.376 e. The van der Waals surface area contributed by atoms with Crippen molar-refractivity contribution in [2.45, 2.75) is 52.6 Å². The summed E-state index contributed by atoms with van der Waals surface area (Å²) in [5.74, 6) is -0.256. The second kappa shape index (κ2) is 9.79. The number of rotatable bonds is 8. The Hall–Kier alpha value is -2.53. The molecule has 0 spiro atoms. The standard InChI is InChI=1S/C23H30ClN3O2/c1-6-23(4,5)26-22(29)19-13-12-17(14-20(19)24)25-15-21(28)27(16(2)3)18-10-8-7-9-11-18/h7-14,16,25H,6,15H2,1-5H3,(H,26,29). The lowest BCUT2D eigenvalue weighted by atomic mass is 10.0. The molecule has 0 atom stereocenters. The summed E-state index contributed by atoms with van der Waals surface area (Å²) < 4.78 is 0. The van der Waals surface area contributed by atoms with Gasteiger partial charge in [-0.05, 0) is 64.4 Å². The van der Waals surface area contributed by atoms with Crippen LogP contribution in [0.25, 0.3) is 0 Å². The van der Waals surface area contributed by atoms with E-state index in [0.717, 1.165) is 12.1 Å². The predicted octanol–water partition coefficient (Wildman–Crippen LogP) is 5.11. The highest BCUT2D eigenvalue weighted by Crippen LogP contribution is 2.23. The molecule has 2 aromatic rings.